The topological polar surface area (TPSA) is 33.8 Å². The minimum atomic E-state index is -1.84. The molecule has 0 saturated heterocycles. The van der Waals surface area contributed by atoms with E-state index < -0.39 is 8.07 Å². The Morgan fingerprint density at radius 1 is 0.811 bits per heavy atom. The molecular weight excluding hydrogens is 663 g/mol. The first-order valence-corrected chi connectivity index (χ1v) is 22.7. The van der Waals surface area contributed by atoms with Crippen LogP contribution in [0.2, 0.25) is 19.6 Å². The van der Waals surface area contributed by atoms with Crippen LogP contribution < -0.4 is 14.3 Å². The Bertz CT molecular complexity index is 2640. The number of aromatic nitrogens is 3. The molecule has 7 aromatic rings. The van der Waals surface area contributed by atoms with Crippen molar-refractivity contribution < 1.29 is 13.6 Å². The lowest BCUT2D eigenvalue weighted by atomic mass is 9.78. The van der Waals surface area contributed by atoms with Gasteiger partial charge in [-0.15, -0.1) is 0 Å². The molecule has 2 atom stereocenters. The minimum absolute atomic E-state index is 0.0143. The van der Waals surface area contributed by atoms with E-state index in [2.05, 4.69) is 154 Å². The lowest BCUT2D eigenvalue weighted by Crippen LogP contribution is -2.56. The normalized spacial score (nSPS) is 16.7. The number of furan rings is 1. The maximum Gasteiger partial charge on any atom is 0.249 e. The Kier molecular flexibility index (Phi) is 7.76. The van der Waals surface area contributed by atoms with Crippen LogP contribution in [0.15, 0.2) is 108 Å². The summed E-state index contributed by atoms with van der Waals surface area (Å²) in [6.45, 7) is 23.6. The molecule has 4 nitrogen and oxygen atoms in total. The summed E-state index contributed by atoms with van der Waals surface area (Å²) >= 11 is 0. The molecule has 0 saturated carbocycles. The van der Waals surface area contributed by atoms with Gasteiger partial charge in [0.1, 0.15) is 0 Å². The van der Waals surface area contributed by atoms with E-state index in [1.165, 1.54) is 55.4 Å². The molecule has 6 heterocycles. The molecule has 0 aliphatic carbocycles. The van der Waals surface area contributed by atoms with Crippen LogP contribution in [0.1, 0.15) is 71.7 Å². The number of fused-ring (bicyclic) bond motifs is 13. The van der Waals surface area contributed by atoms with Crippen LogP contribution in [0.25, 0.3) is 61.4 Å². The van der Waals surface area contributed by atoms with Crippen molar-refractivity contribution >= 4 is 41.0 Å². The highest BCUT2D eigenvalue weighted by atomic mass is 28.3. The first-order chi connectivity index (χ1) is 25.4. The molecule has 5 heteroatoms. The minimum Gasteiger partial charge on any atom is -0.437 e. The van der Waals surface area contributed by atoms with Gasteiger partial charge in [-0.25, -0.2) is 4.98 Å². The average Bonchev–Trinajstić information content (AvgIpc) is 3.51. The van der Waals surface area contributed by atoms with Crippen molar-refractivity contribution in [3.05, 3.63) is 137 Å². The van der Waals surface area contributed by atoms with Gasteiger partial charge in [0.05, 0.1) is 19.6 Å². The summed E-state index contributed by atoms with van der Waals surface area (Å²) in [7, 11) is -1.84. The second-order valence-corrected chi connectivity index (χ2v) is 21.9. The SMILES string of the molecule is C=C1C2C(CCc3ccc4c(oc5nc(C)ccc54)c3-c3cc(C(C)C)cc[n+]31)c1ccccc1-c1cc(-c3c(C)cccc3C)c([Si](C)(C)C)c[n+]12. The smallest absolute Gasteiger partial charge is 0.249 e. The highest BCUT2D eigenvalue weighted by Crippen LogP contribution is 2.47. The predicted octanol–water partition coefficient (Wildman–Crippen LogP) is 10.9. The quantitative estimate of drug-likeness (QED) is 0.135. The van der Waals surface area contributed by atoms with Crippen LogP contribution in [0.5, 0.6) is 0 Å². The van der Waals surface area contributed by atoms with E-state index >= 15 is 0 Å². The number of aryl methyl sites for hydroxylation is 4. The summed E-state index contributed by atoms with van der Waals surface area (Å²) in [6.07, 6.45) is 6.71. The van der Waals surface area contributed by atoms with Gasteiger partial charge in [0.25, 0.3) is 0 Å². The first kappa shape index (κ1) is 33.7. The van der Waals surface area contributed by atoms with E-state index in [0.717, 1.165) is 51.8 Å². The number of benzene rings is 3. The highest BCUT2D eigenvalue weighted by Gasteiger charge is 2.48. The van der Waals surface area contributed by atoms with E-state index in [1.807, 2.05) is 6.92 Å². The summed E-state index contributed by atoms with van der Waals surface area (Å²) in [6, 6.07) is 31.9. The van der Waals surface area contributed by atoms with Crippen molar-refractivity contribution in [1.29, 1.82) is 0 Å². The molecule has 53 heavy (non-hydrogen) atoms. The van der Waals surface area contributed by atoms with E-state index in [9.17, 15) is 0 Å². The van der Waals surface area contributed by atoms with Gasteiger partial charge >= 0.3 is 0 Å². The van der Waals surface area contributed by atoms with Gasteiger partial charge in [0.15, 0.2) is 18.0 Å². The zero-order valence-electron chi connectivity index (χ0n) is 32.3. The van der Waals surface area contributed by atoms with Crippen molar-refractivity contribution in [1.82, 2.24) is 4.98 Å². The largest absolute Gasteiger partial charge is 0.437 e. The zero-order chi connectivity index (χ0) is 36.9. The third-order valence-electron chi connectivity index (χ3n) is 12.0. The molecule has 0 N–H and O–H groups in total. The van der Waals surface area contributed by atoms with Gasteiger partial charge in [-0.3, -0.25) is 0 Å². The van der Waals surface area contributed by atoms with Crippen LogP contribution in [-0.2, 0) is 6.42 Å². The third kappa shape index (κ3) is 5.26. The third-order valence-corrected chi connectivity index (χ3v) is 14.0. The molecular formula is C48H49N3OSi+2. The van der Waals surface area contributed by atoms with Gasteiger partial charge in [-0.1, -0.05) is 82.0 Å². The molecule has 2 unspecified atom stereocenters. The molecule has 9 rings (SSSR count). The van der Waals surface area contributed by atoms with Gasteiger partial charge in [0, 0.05) is 45.4 Å². The van der Waals surface area contributed by atoms with Gasteiger partial charge < -0.3 is 4.42 Å². The fraction of sp³-hybridized carbons (Fsp3) is 0.271. The molecule has 0 fully saturated rings. The summed E-state index contributed by atoms with van der Waals surface area (Å²) in [5.41, 5.74) is 17.9. The van der Waals surface area contributed by atoms with Crippen molar-refractivity contribution in [3.8, 4) is 33.6 Å². The second kappa shape index (κ2) is 12.2. The van der Waals surface area contributed by atoms with Crippen molar-refractivity contribution in [3.63, 3.8) is 0 Å². The number of allylic oxidation sites excluding steroid dienone is 1. The Morgan fingerprint density at radius 3 is 2.32 bits per heavy atom. The maximum absolute atomic E-state index is 6.77. The summed E-state index contributed by atoms with van der Waals surface area (Å²) in [5.74, 6) is 0.597. The highest BCUT2D eigenvalue weighted by molar-refractivity contribution is 6.89. The Hall–Kier alpha value is -5.13. The van der Waals surface area contributed by atoms with Crippen molar-refractivity contribution in [2.24, 2.45) is 0 Å². The number of hydrogen-bond donors (Lipinski definition) is 0. The van der Waals surface area contributed by atoms with E-state index in [1.54, 1.807) is 0 Å². The lowest BCUT2D eigenvalue weighted by Gasteiger charge is -2.31. The van der Waals surface area contributed by atoms with Crippen LogP contribution in [0, 0.1) is 20.8 Å². The Balaban J connectivity index is 1.35. The average molecular weight is 712 g/mol. The van der Waals surface area contributed by atoms with Crippen LogP contribution in [0.4, 0.5) is 0 Å². The molecule has 0 radical (unpaired) electrons. The standard InChI is InChI=1S/C48H49N3OSi/c1-28(2)34-23-24-50-32(6)46-37(21-18-33-19-22-38-39-20-17-31(5)49-48(39)52-47(38)45(33)42(50)25-34)35-15-10-11-16-36(35)41-26-40(43(27-51(41)46)53(7,8)9)44-29(3)13-12-14-30(44)4/h10-17,19-20,22-28,37,46H,6,18,21H2,1-5,7-9H3/q+2. The van der Waals surface area contributed by atoms with Crippen molar-refractivity contribution in [2.45, 2.75) is 85.0 Å². The molecule has 2 aliphatic rings. The number of pyridine rings is 3. The number of rotatable bonds is 3. The Labute approximate surface area is 314 Å². The fourth-order valence-electron chi connectivity index (χ4n) is 9.30. The fourth-order valence-corrected chi connectivity index (χ4v) is 10.8. The van der Waals surface area contributed by atoms with Gasteiger partial charge in [-0.05, 0) is 103 Å². The summed E-state index contributed by atoms with van der Waals surface area (Å²) in [5, 5.41) is 3.66. The lowest BCUT2D eigenvalue weighted by molar-refractivity contribution is -0.726. The Morgan fingerprint density at radius 2 is 1.57 bits per heavy atom. The van der Waals surface area contributed by atoms with E-state index in [4.69, 9.17) is 16.0 Å². The number of hydrogen-bond acceptors (Lipinski definition) is 2. The summed E-state index contributed by atoms with van der Waals surface area (Å²) < 4.78 is 11.8. The van der Waals surface area contributed by atoms with Gasteiger partial charge in [0.2, 0.25) is 28.8 Å². The molecule has 0 spiro atoms. The van der Waals surface area contributed by atoms with E-state index in [0.29, 0.717) is 11.6 Å². The van der Waals surface area contributed by atoms with E-state index in [-0.39, 0.29) is 12.0 Å². The van der Waals surface area contributed by atoms with Gasteiger partial charge in [-0.2, -0.15) is 9.13 Å². The molecule has 3 aromatic carbocycles. The molecule has 0 bridgehead atoms. The van der Waals surface area contributed by atoms with Crippen LogP contribution in [-0.4, -0.2) is 13.1 Å². The molecule has 0 amide bonds. The van der Waals surface area contributed by atoms with Crippen LogP contribution in [0.3, 0.4) is 0 Å². The van der Waals surface area contributed by atoms with Crippen molar-refractivity contribution in [2.75, 3.05) is 0 Å². The molecule has 2 aliphatic heterocycles. The second-order valence-electron chi connectivity index (χ2n) is 16.8. The maximum atomic E-state index is 6.77. The monoisotopic (exact) mass is 711 g/mol. The zero-order valence-corrected chi connectivity index (χ0v) is 33.3. The molecule has 4 aromatic heterocycles. The first-order valence-electron chi connectivity index (χ1n) is 19.2. The summed E-state index contributed by atoms with van der Waals surface area (Å²) in [4.78, 5) is 4.82. The number of nitrogens with zero attached hydrogens (tertiary/aromatic N) is 3. The van der Waals surface area contributed by atoms with Crippen LogP contribution >= 0.6 is 0 Å². The predicted molar refractivity (Wildman–Crippen MR) is 221 cm³/mol. The molecule has 264 valence electrons.